The minimum absolute atomic E-state index is 0.0853. The average molecular weight is 312 g/mol. The SMILES string of the molecule is CN(c1ccc(C(=N)N)c(Br)c1)C1CCOCC1. The highest BCUT2D eigenvalue weighted by atomic mass is 79.9. The lowest BCUT2D eigenvalue weighted by molar-refractivity contribution is 0.0855. The van der Waals surface area contributed by atoms with Gasteiger partial charge in [-0.2, -0.15) is 0 Å². The van der Waals surface area contributed by atoms with E-state index >= 15 is 0 Å². The van der Waals surface area contributed by atoms with Crippen molar-refractivity contribution in [1.29, 1.82) is 5.41 Å². The molecule has 0 aliphatic carbocycles. The Labute approximate surface area is 116 Å². The molecule has 3 N–H and O–H groups in total. The summed E-state index contributed by atoms with van der Waals surface area (Å²) in [6.07, 6.45) is 2.12. The topological polar surface area (TPSA) is 62.3 Å². The third-order valence-electron chi connectivity index (χ3n) is 3.39. The number of rotatable bonds is 3. The largest absolute Gasteiger partial charge is 0.384 e. The number of hydrogen-bond donors (Lipinski definition) is 2. The van der Waals surface area contributed by atoms with Crippen molar-refractivity contribution in [1.82, 2.24) is 0 Å². The lowest BCUT2D eigenvalue weighted by atomic mass is 10.1. The van der Waals surface area contributed by atoms with E-state index in [4.69, 9.17) is 15.9 Å². The Morgan fingerprint density at radius 3 is 2.67 bits per heavy atom. The van der Waals surface area contributed by atoms with Crippen LogP contribution in [0.5, 0.6) is 0 Å². The molecule has 1 aromatic carbocycles. The van der Waals surface area contributed by atoms with Gasteiger partial charge in [-0.3, -0.25) is 5.41 Å². The van der Waals surface area contributed by atoms with Crippen molar-refractivity contribution in [2.45, 2.75) is 18.9 Å². The first-order valence-electron chi connectivity index (χ1n) is 6.04. The van der Waals surface area contributed by atoms with E-state index < -0.39 is 0 Å². The summed E-state index contributed by atoms with van der Waals surface area (Å²) in [7, 11) is 2.10. The van der Waals surface area contributed by atoms with E-state index in [-0.39, 0.29) is 5.84 Å². The second-order valence-corrected chi connectivity index (χ2v) is 5.39. The Bertz CT molecular complexity index is 444. The maximum atomic E-state index is 7.47. The zero-order valence-corrected chi connectivity index (χ0v) is 12.0. The van der Waals surface area contributed by atoms with E-state index in [0.29, 0.717) is 6.04 Å². The highest BCUT2D eigenvalue weighted by Crippen LogP contribution is 2.26. The van der Waals surface area contributed by atoms with Crippen LogP contribution in [0.25, 0.3) is 0 Å². The van der Waals surface area contributed by atoms with Crippen LogP contribution in [0, 0.1) is 5.41 Å². The Kier molecular flexibility index (Phi) is 4.24. The lowest BCUT2D eigenvalue weighted by Crippen LogP contribution is -2.36. The van der Waals surface area contributed by atoms with Crippen LogP contribution >= 0.6 is 15.9 Å². The molecule has 5 heteroatoms. The predicted octanol–water partition coefficient (Wildman–Crippen LogP) is 2.35. The lowest BCUT2D eigenvalue weighted by Gasteiger charge is -2.33. The number of halogens is 1. The summed E-state index contributed by atoms with van der Waals surface area (Å²) < 4.78 is 6.25. The number of nitrogen functional groups attached to an aromatic ring is 1. The molecule has 1 heterocycles. The van der Waals surface area contributed by atoms with Gasteiger partial charge in [-0.25, -0.2) is 0 Å². The van der Waals surface area contributed by atoms with Crippen LogP contribution in [0.15, 0.2) is 22.7 Å². The first-order chi connectivity index (χ1) is 8.59. The molecular formula is C13H18BrN3O. The predicted molar refractivity (Wildman–Crippen MR) is 77.4 cm³/mol. The van der Waals surface area contributed by atoms with Gasteiger partial charge in [0.25, 0.3) is 0 Å². The van der Waals surface area contributed by atoms with Crippen LogP contribution in [0.4, 0.5) is 5.69 Å². The first-order valence-corrected chi connectivity index (χ1v) is 6.83. The van der Waals surface area contributed by atoms with Gasteiger partial charge in [0.05, 0.1) is 0 Å². The summed E-state index contributed by atoms with van der Waals surface area (Å²) in [5.74, 6) is 0.0853. The molecule has 0 radical (unpaired) electrons. The maximum Gasteiger partial charge on any atom is 0.123 e. The highest BCUT2D eigenvalue weighted by molar-refractivity contribution is 9.10. The smallest absolute Gasteiger partial charge is 0.123 e. The highest BCUT2D eigenvalue weighted by Gasteiger charge is 2.19. The number of benzene rings is 1. The normalized spacial score (nSPS) is 16.6. The first kappa shape index (κ1) is 13.4. The summed E-state index contributed by atoms with van der Waals surface area (Å²) in [4.78, 5) is 2.27. The minimum Gasteiger partial charge on any atom is -0.384 e. The zero-order chi connectivity index (χ0) is 13.1. The quantitative estimate of drug-likeness (QED) is 0.665. The van der Waals surface area contributed by atoms with Gasteiger partial charge in [0.2, 0.25) is 0 Å². The minimum atomic E-state index is 0.0853. The monoisotopic (exact) mass is 311 g/mol. The fourth-order valence-corrected chi connectivity index (χ4v) is 2.81. The third-order valence-corrected chi connectivity index (χ3v) is 4.04. The van der Waals surface area contributed by atoms with Gasteiger partial charge in [0, 0.05) is 42.0 Å². The van der Waals surface area contributed by atoms with Gasteiger partial charge < -0.3 is 15.4 Å². The molecule has 1 fully saturated rings. The third kappa shape index (κ3) is 2.84. The Morgan fingerprint density at radius 2 is 2.11 bits per heavy atom. The number of ether oxygens (including phenoxy) is 1. The summed E-state index contributed by atoms with van der Waals surface area (Å²) in [5.41, 5.74) is 7.38. The molecule has 4 nitrogen and oxygen atoms in total. The Balaban J connectivity index is 2.17. The molecule has 1 saturated heterocycles. The van der Waals surface area contributed by atoms with E-state index in [1.165, 1.54) is 0 Å². The van der Waals surface area contributed by atoms with Crippen molar-refractivity contribution in [3.8, 4) is 0 Å². The van der Waals surface area contributed by atoms with Gasteiger partial charge >= 0.3 is 0 Å². The molecule has 0 amide bonds. The molecule has 1 aromatic rings. The van der Waals surface area contributed by atoms with Crippen LogP contribution in [0.2, 0.25) is 0 Å². The van der Waals surface area contributed by atoms with Crippen molar-refractivity contribution in [2.24, 2.45) is 5.73 Å². The molecule has 98 valence electrons. The molecule has 1 aliphatic heterocycles. The van der Waals surface area contributed by atoms with Crippen LogP contribution in [-0.4, -0.2) is 32.1 Å². The average Bonchev–Trinajstić information content (AvgIpc) is 2.38. The summed E-state index contributed by atoms with van der Waals surface area (Å²) in [5, 5.41) is 7.47. The van der Waals surface area contributed by atoms with E-state index in [1.54, 1.807) is 0 Å². The number of nitrogens with one attached hydrogen (secondary N) is 1. The molecular weight excluding hydrogens is 294 g/mol. The molecule has 0 bridgehead atoms. The molecule has 0 aromatic heterocycles. The maximum absolute atomic E-state index is 7.47. The summed E-state index contributed by atoms with van der Waals surface area (Å²) >= 11 is 3.47. The number of hydrogen-bond acceptors (Lipinski definition) is 3. The van der Waals surface area contributed by atoms with Gasteiger partial charge in [-0.1, -0.05) is 0 Å². The van der Waals surface area contributed by atoms with Crippen molar-refractivity contribution in [3.63, 3.8) is 0 Å². The van der Waals surface area contributed by atoms with Crippen molar-refractivity contribution in [2.75, 3.05) is 25.2 Å². The number of nitrogens with two attached hydrogens (primary N) is 1. The number of amidine groups is 1. The van der Waals surface area contributed by atoms with Crippen molar-refractivity contribution < 1.29 is 4.74 Å². The molecule has 2 rings (SSSR count). The van der Waals surface area contributed by atoms with Crippen LogP contribution < -0.4 is 10.6 Å². The number of nitrogens with zero attached hydrogens (tertiary/aromatic N) is 1. The van der Waals surface area contributed by atoms with E-state index in [0.717, 1.165) is 41.8 Å². The van der Waals surface area contributed by atoms with Gasteiger partial charge in [-0.05, 0) is 47.0 Å². The summed E-state index contributed by atoms with van der Waals surface area (Å²) in [6.45, 7) is 1.67. The standard InChI is InChI=1S/C13H18BrN3O/c1-17(9-4-6-18-7-5-9)10-2-3-11(13(15)16)12(14)8-10/h2-3,8-9H,4-7H2,1H3,(H3,15,16). The molecule has 0 unspecified atom stereocenters. The van der Waals surface area contributed by atoms with E-state index in [1.807, 2.05) is 18.2 Å². The van der Waals surface area contributed by atoms with E-state index in [2.05, 4.69) is 27.9 Å². The summed E-state index contributed by atoms with van der Waals surface area (Å²) in [6, 6.07) is 6.44. The molecule has 0 atom stereocenters. The molecule has 0 saturated carbocycles. The van der Waals surface area contributed by atoms with Gasteiger partial charge in [0.15, 0.2) is 0 Å². The Hall–Kier alpha value is -1.07. The second-order valence-electron chi connectivity index (χ2n) is 4.53. The van der Waals surface area contributed by atoms with Gasteiger partial charge in [-0.15, -0.1) is 0 Å². The second kappa shape index (κ2) is 5.71. The zero-order valence-electron chi connectivity index (χ0n) is 10.4. The van der Waals surface area contributed by atoms with Crippen LogP contribution in [0.3, 0.4) is 0 Å². The Morgan fingerprint density at radius 1 is 1.44 bits per heavy atom. The number of anilines is 1. The fourth-order valence-electron chi connectivity index (χ4n) is 2.23. The van der Waals surface area contributed by atoms with Crippen molar-refractivity contribution >= 4 is 27.5 Å². The molecule has 18 heavy (non-hydrogen) atoms. The fraction of sp³-hybridized carbons (Fsp3) is 0.462. The van der Waals surface area contributed by atoms with Gasteiger partial charge in [0.1, 0.15) is 5.84 Å². The van der Waals surface area contributed by atoms with Crippen LogP contribution in [-0.2, 0) is 4.74 Å². The molecule has 1 aliphatic rings. The van der Waals surface area contributed by atoms with Crippen LogP contribution in [0.1, 0.15) is 18.4 Å². The van der Waals surface area contributed by atoms with Crippen molar-refractivity contribution in [3.05, 3.63) is 28.2 Å². The molecule has 0 spiro atoms. The van der Waals surface area contributed by atoms with E-state index in [9.17, 15) is 0 Å².